The molecule has 2 aromatic rings. The quantitative estimate of drug-likeness (QED) is 0.469. The predicted octanol–water partition coefficient (Wildman–Crippen LogP) is 1.08. The Bertz CT molecular complexity index is 1380. The van der Waals surface area contributed by atoms with Gasteiger partial charge in [0.2, 0.25) is 5.91 Å². The van der Waals surface area contributed by atoms with E-state index in [9.17, 15) is 24.6 Å². The molecule has 194 valence electrons. The highest BCUT2D eigenvalue weighted by Gasteiger charge is 2.34. The van der Waals surface area contributed by atoms with Crippen molar-refractivity contribution in [2.45, 2.75) is 37.1 Å². The van der Waals surface area contributed by atoms with Crippen molar-refractivity contribution < 1.29 is 34.0 Å². The Morgan fingerprint density at radius 1 is 1.38 bits per heavy atom. The maximum absolute atomic E-state index is 13.5. The van der Waals surface area contributed by atoms with Gasteiger partial charge < -0.3 is 34.3 Å². The lowest BCUT2D eigenvalue weighted by molar-refractivity contribution is -0.130. The Balaban J connectivity index is 1.73. The molecule has 0 fully saturated rings. The van der Waals surface area contributed by atoms with Gasteiger partial charge in [-0.1, -0.05) is 6.08 Å². The molecule has 0 saturated carbocycles. The monoisotopic (exact) mass is 527 g/mol. The van der Waals surface area contributed by atoms with Crippen LogP contribution >= 0.6 is 11.8 Å². The van der Waals surface area contributed by atoms with Crippen molar-refractivity contribution in [2.75, 3.05) is 25.6 Å². The maximum Gasteiger partial charge on any atom is 0.293 e. The number of amides is 1. The van der Waals surface area contributed by atoms with Crippen LogP contribution in [0.5, 0.6) is 11.5 Å². The number of carbonyl (C=O) groups excluding carboxylic acids is 2. The van der Waals surface area contributed by atoms with E-state index in [-0.39, 0.29) is 25.2 Å². The average molecular weight is 528 g/mol. The normalized spacial score (nSPS) is 19.6. The molecule has 0 radical (unpaired) electrons. The minimum atomic E-state index is -0.982. The lowest BCUT2D eigenvalue weighted by Gasteiger charge is -2.32. The van der Waals surface area contributed by atoms with Crippen molar-refractivity contribution in [3.63, 3.8) is 0 Å². The van der Waals surface area contributed by atoms with Gasteiger partial charge in [0.05, 0.1) is 40.2 Å². The summed E-state index contributed by atoms with van der Waals surface area (Å²) in [5.74, 6) is 1.12. The van der Waals surface area contributed by atoms with Crippen LogP contribution in [0.15, 0.2) is 32.9 Å². The standard InChI is InChI=1S/C25H25N3O8S/c1-13(31)16-6-14-8-26-18-7-20-23(36-5-4-35-20)24-22(18)15(19(11-37-24)27-21(32)9-29)2-3-28(14)25(33)17(16)10-34-12-30/h2,6-8,12-13,19,29,31H,3-5,9-11H2,1H3,(H,27,32)/b15-2+,26-8?. The van der Waals surface area contributed by atoms with E-state index >= 15 is 0 Å². The Morgan fingerprint density at radius 3 is 2.95 bits per heavy atom. The van der Waals surface area contributed by atoms with Crippen LogP contribution in [0.25, 0.3) is 5.57 Å². The zero-order chi connectivity index (χ0) is 26.1. The topological polar surface area (TPSA) is 149 Å². The number of rotatable bonds is 6. The Hall–Kier alpha value is -3.61. The molecule has 0 saturated heterocycles. The molecule has 2 atom stereocenters. The lowest BCUT2D eigenvalue weighted by Crippen LogP contribution is -2.40. The first-order valence-electron chi connectivity index (χ1n) is 11.7. The first-order chi connectivity index (χ1) is 17.9. The second kappa shape index (κ2) is 10.4. The summed E-state index contributed by atoms with van der Waals surface area (Å²) in [6.07, 6.45) is 2.40. The summed E-state index contributed by atoms with van der Waals surface area (Å²) in [4.78, 5) is 42.0. The summed E-state index contributed by atoms with van der Waals surface area (Å²) in [6.45, 7) is 1.76. The number of benzene rings is 1. The molecule has 1 aromatic carbocycles. The van der Waals surface area contributed by atoms with Crippen LogP contribution < -0.4 is 20.3 Å². The zero-order valence-electron chi connectivity index (χ0n) is 19.9. The van der Waals surface area contributed by atoms with E-state index in [2.05, 4.69) is 5.32 Å². The van der Waals surface area contributed by atoms with Gasteiger partial charge in [-0.25, -0.2) is 0 Å². The van der Waals surface area contributed by atoms with Crippen LogP contribution in [-0.4, -0.2) is 65.0 Å². The molecule has 3 N–H and O–H groups in total. The number of hydrogen-bond acceptors (Lipinski definition) is 10. The van der Waals surface area contributed by atoms with Crippen LogP contribution in [0.3, 0.4) is 0 Å². The largest absolute Gasteiger partial charge is 0.486 e. The second-order valence-electron chi connectivity index (χ2n) is 8.63. The molecular formula is C25H25N3O8S. The highest BCUT2D eigenvalue weighted by Crippen LogP contribution is 2.52. The van der Waals surface area contributed by atoms with Gasteiger partial charge in [-0.15, -0.1) is 11.8 Å². The van der Waals surface area contributed by atoms with Gasteiger partial charge in [0, 0.05) is 23.9 Å². The van der Waals surface area contributed by atoms with Crippen molar-refractivity contribution in [1.29, 1.82) is 0 Å². The van der Waals surface area contributed by atoms with E-state index in [1.807, 2.05) is 6.08 Å². The molecule has 3 aliphatic heterocycles. The number of thioether (sulfide) groups is 1. The number of nitrogens with one attached hydrogen (secondary N) is 1. The van der Waals surface area contributed by atoms with Crippen LogP contribution in [0.4, 0.5) is 5.69 Å². The summed E-state index contributed by atoms with van der Waals surface area (Å²) in [5.41, 5.74) is 2.55. The number of aromatic nitrogens is 1. The van der Waals surface area contributed by atoms with Crippen molar-refractivity contribution in [3.8, 4) is 11.5 Å². The van der Waals surface area contributed by atoms with Gasteiger partial charge in [0.1, 0.15) is 26.4 Å². The van der Waals surface area contributed by atoms with Gasteiger partial charge in [-0.3, -0.25) is 19.4 Å². The van der Waals surface area contributed by atoms with Gasteiger partial charge in [0.25, 0.3) is 12.0 Å². The Morgan fingerprint density at radius 2 is 2.19 bits per heavy atom. The molecule has 0 spiro atoms. The van der Waals surface area contributed by atoms with Crippen LogP contribution in [0, 0.1) is 0 Å². The number of hydrogen-bond donors (Lipinski definition) is 3. The number of fused-ring (bicyclic) bond motifs is 3. The number of allylic oxidation sites excluding steroid dienone is 1. The summed E-state index contributed by atoms with van der Waals surface area (Å²) < 4.78 is 18.1. The zero-order valence-corrected chi connectivity index (χ0v) is 20.7. The molecule has 1 aromatic heterocycles. The summed E-state index contributed by atoms with van der Waals surface area (Å²) in [5, 5.41) is 22.5. The first kappa shape index (κ1) is 25.1. The molecule has 2 unspecified atom stereocenters. The van der Waals surface area contributed by atoms with Gasteiger partial charge in [0.15, 0.2) is 11.5 Å². The van der Waals surface area contributed by atoms with E-state index in [1.54, 1.807) is 18.3 Å². The van der Waals surface area contributed by atoms with E-state index in [1.165, 1.54) is 23.3 Å². The van der Waals surface area contributed by atoms with Gasteiger partial charge in [-0.2, -0.15) is 0 Å². The van der Waals surface area contributed by atoms with Crippen molar-refractivity contribution in [2.24, 2.45) is 4.99 Å². The highest BCUT2D eigenvalue weighted by atomic mass is 32.2. The maximum atomic E-state index is 13.5. The number of aliphatic hydroxyl groups excluding tert-OH is 2. The van der Waals surface area contributed by atoms with Crippen LogP contribution in [-0.2, 0) is 27.5 Å². The SMILES string of the molecule is CC(O)c1cc2n(c(=O)c1COC=O)C/C=C1/c3c(cc4c(c3SCC1NC(=O)CO)OCCO4)N=C2. The van der Waals surface area contributed by atoms with Crippen LogP contribution in [0.2, 0.25) is 0 Å². The second-order valence-corrected chi connectivity index (χ2v) is 9.66. The van der Waals surface area contributed by atoms with E-state index in [4.69, 9.17) is 19.2 Å². The summed E-state index contributed by atoms with van der Waals surface area (Å²) in [7, 11) is 0. The summed E-state index contributed by atoms with van der Waals surface area (Å²) >= 11 is 1.49. The van der Waals surface area contributed by atoms with Crippen LogP contribution in [0.1, 0.15) is 35.4 Å². The molecule has 37 heavy (non-hydrogen) atoms. The smallest absolute Gasteiger partial charge is 0.293 e. The third-order valence-electron chi connectivity index (χ3n) is 6.35. The molecule has 1 amide bonds. The summed E-state index contributed by atoms with van der Waals surface area (Å²) in [6, 6.07) is 2.96. The third-order valence-corrected chi connectivity index (χ3v) is 7.53. The lowest BCUT2D eigenvalue weighted by atomic mass is 9.95. The average Bonchev–Trinajstić information content (AvgIpc) is 2.97. The molecule has 3 aliphatic rings. The van der Waals surface area contributed by atoms with E-state index in [0.29, 0.717) is 47.4 Å². The molecule has 5 rings (SSSR count). The van der Waals surface area contributed by atoms with Crippen molar-refractivity contribution in [1.82, 2.24) is 9.88 Å². The number of carbonyl (C=O) groups is 2. The van der Waals surface area contributed by atoms with E-state index < -0.39 is 30.2 Å². The van der Waals surface area contributed by atoms with Gasteiger partial charge in [-0.05, 0) is 24.1 Å². The van der Waals surface area contributed by atoms with Crippen molar-refractivity contribution >= 4 is 41.6 Å². The third kappa shape index (κ3) is 4.63. The predicted molar refractivity (Wildman–Crippen MR) is 135 cm³/mol. The molecular weight excluding hydrogens is 502 g/mol. The molecule has 0 bridgehead atoms. The number of nitrogens with zero attached hydrogens (tertiary/aromatic N) is 2. The Kier molecular flexibility index (Phi) is 7.04. The highest BCUT2D eigenvalue weighted by molar-refractivity contribution is 7.99. The van der Waals surface area contributed by atoms with E-state index in [0.717, 1.165) is 16.0 Å². The number of aliphatic hydroxyl groups is 2. The fourth-order valence-corrected chi connectivity index (χ4v) is 5.93. The minimum Gasteiger partial charge on any atom is -0.486 e. The molecule has 4 heterocycles. The fourth-order valence-electron chi connectivity index (χ4n) is 4.68. The van der Waals surface area contributed by atoms with Gasteiger partial charge >= 0.3 is 0 Å². The number of ether oxygens (including phenoxy) is 3. The molecule has 11 nitrogen and oxygen atoms in total. The molecule has 0 aliphatic carbocycles. The minimum absolute atomic E-state index is 0.118. The fraction of sp³-hybridized carbons (Fsp3) is 0.360. The molecule has 12 heteroatoms. The first-order valence-corrected chi connectivity index (χ1v) is 12.7. The Labute approximate surface area is 215 Å². The number of pyridine rings is 1. The van der Waals surface area contributed by atoms with Crippen molar-refractivity contribution in [3.05, 3.63) is 50.9 Å². The number of aliphatic imine (C=N–C) groups is 1.